The van der Waals surface area contributed by atoms with E-state index in [-0.39, 0.29) is 0 Å². The lowest BCUT2D eigenvalue weighted by atomic mass is 10.3. The summed E-state index contributed by atoms with van der Waals surface area (Å²) in [6.07, 6.45) is 2.89. The van der Waals surface area contributed by atoms with Crippen LogP contribution >= 0.6 is 0 Å². The highest BCUT2D eigenvalue weighted by molar-refractivity contribution is 4.81. The summed E-state index contributed by atoms with van der Waals surface area (Å²) in [6.45, 7) is 8.09. The summed E-state index contributed by atoms with van der Waals surface area (Å²) in [5.74, 6) is 0.877. The summed E-state index contributed by atoms with van der Waals surface area (Å²) in [5.41, 5.74) is 0. The van der Waals surface area contributed by atoms with Crippen LogP contribution in [0, 0.1) is 0 Å². The van der Waals surface area contributed by atoms with Gasteiger partial charge in [-0.2, -0.15) is 5.10 Å². The topological polar surface area (TPSA) is 42.7 Å². The van der Waals surface area contributed by atoms with Crippen molar-refractivity contribution < 1.29 is 0 Å². The van der Waals surface area contributed by atoms with Gasteiger partial charge in [0.25, 0.3) is 0 Å². The van der Waals surface area contributed by atoms with Crippen molar-refractivity contribution in [2.45, 2.75) is 39.8 Å². The van der Waals surface area contributed by atoms with E-state index in [2.05, 4.69) is 36.2 Å². The molecule has 0 aliphatic rings. The van der Waals surface area contributed by atoms with Crippen LogP contribution in [0.3, 0.4) is 0 Å². The molecule has 1 atom stereocenters. The summed E-state index contributed by atoms with van der Waals surface area (Å²) in [7, 11) is 0. The highest BCUT2D eigenvalue weighted by Crippen LogP contribution is 2.06. The summed E-state index contributed by atoms with van der Waals surface area (Å²) < 4.78 is 1.92. The van der Waals surface area contributed by atoms with E-state index in [0.717, 1.165) is 25.3 Å². The van der Waals surface area contributed by atoms with Crippen molar-refractivity contribution >= 4 is 0 Å². The van der Waals surface area contributed by atoms with Crippen LogP contribution in [0.1, 0.15) is 39.1 Å². The molecule has 4 nitrogen and oxygen atoms in total. The lowest BCUT2D eigenvalue weighted by Crippen LogP contribution is -2.13. The fraction of sp³-hybridized carbons (Fsp3) is 0.778. The quantitative estimate of drug-likeness (QED) is 0.747. The van der Waals surface area contributed by atoms with Crippen LogP contribution in [0.4, 0.5) is 0 Å². The number of aromatic nitrogens is 3. The first-order chi connectivity index (χ1) is 6.27. The van der Waals surface area contributed by atoms with Crippen LogP contribution in [0.25, 0.3) is 0 Å². The molecular weight excluding hydrogens is 164 g/mol. The molecule has 0 bridgehead atoms. The Bertz CT molecular complexity index is 244. The zero-order valence-electron chi connectivity index (χ0n) is 8.62. The Balaban J connectivity index is 2.53. The van der Waals surface area contributed by atoms with Crippen molar-refractivity contribution in [1.29, 1.82) is 0 Å². The number of hydrogen-bond donors (Lipinski definition) is 1. The molecule has 74 valence electrons. The standard InChI is InChI=1S/C9H18N4/c1-4-8(3)13-7-11-9(12-13)6-10-5-2/h7-8,10H,4-6H2,1-3H3. The molecule has 0 amide bonds. The molecule has 1 aromatic rings. The molecule has 1 heterocycles. The van der Waals surface area contributed by atoms with Gasteiger partial charge in [-0.05, 0) is 19.9 Å². The van der Waals surface area contributed by atoms with Gasteiger partial charge in [0.05, 0.1) is 12.6 Å². The summed E-state index contributed by atoms with van der Waals surface area (Å²) >= 11 is 0. The molecule has 1 aromatic heterocycles. The predicted octanol–water partition coefficient (Wildman–Crippen LogP) is 1.36. The molecule has 0 aliphatic heterocycles. The third-order valence-corrected chi connectivity index (χ3v) is 2.13. The maximum atomic E-state index is 4.36. The van der Waals surface area contributed by atoms with Gasteiger partial charge >= 0.3 is 0 Å². The number of nitrogens with one attached hydrogen (secondary N) is 1. The summed E-state index contributed by atoms with van der Waals surface area (Å²) in [6, 6.07) is 0.447. The van der Waals surface area contributed by atoms with Crippen molar-refractivity contribution in [3.05, 3.63) is 12.2 Å². The normalized spacial score (nSPS) is 13.2. The molecule has 0 radical (unpaired) electrons. The Morgan fingerprint density at radius 2 is 2.31 bits per heavy atom. The second-order valence-electron chi connectivity index (χ2n) is 3.18. The number of rotatable bonds is 5. The van der Waals surface area contributed by atoms with Gasteiger partial charge in [-0.3, -0.25) is 0 Å². The first-order valence-electron chi connectivity index (χ1n) is 4.88. The van der Waals surface area contributed by atoms with Crippen LogP contribution in [0.2, 0.25) is 0 Å². The SMILES string of the molecule is CCNCc1ncn(C(C)CC)n1. The Morgan fingerprint density at radius 1 is 1.54 bits per heavy atom. The Hall–Kier alpha value is -0.900. The van der Waals surface area contributed by atoms with E-state index in [1.165, 1.54) is 0 Å². The van der Waals surface area contributed by atoms with E-state index >= 15 is 0 Å². The monoisotopic (exact) mass is 182 g/mol. The van der Waals surface area contributed by atoms with E-state index in [1.54, 1.807) is 6.33 Å². The minimum absolute atomic E-state index is 0.447. The number of nitrogens with zero attached hydrogens (tertiary/aromatic N) is 3. The van der Waals surface area contributed by atoms with E-state index in [9.17, 15) is 0 Å². The van der Waals surface area contributed by atoms with Gasteiger partial charge in [0.2, 0.25) is 0 Å². The molecule has 1 unspecified atom stereocenters. The van der Waals surface area contributed by atoms with E-state index < -0.39 is 0 Å². The third-order valence-electron chi connectivity index (χ3n) is 2.13. The second kappa shape index (κ2) is 4.97. The van der Waals surface area contributed by atoms with Crippen molar-refractivity contribution in [2.75, 3.05) is 6.54 Å². The molecule has 0 fully saturated rings. The molecule has 0 aliphatic carbocycles. The highest BCUT2D eigenvalue weighted by atomic mass is 15.3. The van der Waals surface area contributed by atoms with Gasteiger partial charge in [-0.25, -0.2) is 9.67 Å². The molecule has 4 heteroatoms. The van der Waals surface area contributed by atoms with Crippen molar-refractivity contribution in [2.24, 2.45) is 0 Å². The van der Waals surface area contributed by atoms with Gasteiger partial charge in [-0.1, -0.05) is 13.8 Å². The van der Waals surface area contributed by atoms with Gasteiger partial charge in [0.1, 0.15) is 6.33 Å². The molecule has 1 N–H and O–H groups in total. The molecule has 13 heavy (non-hydrogen) atoms. The fourth-order valence-electron chi connectivity index (χ4n) is 1.03. The second-order valence-corrected chi connectivity index (χ2v) is 3.18. The smallest absolute Gasteiger partial charge is 0.164 e. The number of hydrogen-bond acceptors (Lipinski definition) is 3. The third kappa shape index (κ3) is 2.81. The maximum Gasteiger partial charge on any atom is 0.164 e. The molecule has 0 spiro atoms. The van der Waals surface area contributed by atoms with Crippen LogP contribution < -0.4 is 5.32 Å². The van der Waals surface area contributed by atoms with Gasteiger partial charge in [0, 0.05) is 0 Å². The van der Waals surface area contributed by atoms with Crippen molar-refractivity contribution in [3.8, 4) is 0 Å². The zero-order valence-corrected chi connectivity index (χ0v) is 8.62. The highest BCUT2D eigenvalue weighted by Gasteiger charge is 2.04. The van der Waals surface area contributed by atoms with Crippen LogP contribution in [0.15, 0.2) is 6.33 Å². The van der Waals surface area contributed by atoms with Gasteiger partial charge < -0.3 is 5.32 Å². The summed E-state index contributed by atoms with van der Waals surface area (Å²) in [4.78, 5) is 4.21. The van der Waals surface area contributed by atoms with Crippen molar-refractivity contribution in [1.82, 2.24) is 20.1 Å². The Labute approximate surface area is 79.4 Å². The predicted molar refractivity (Wildman–Crippen MR) is 52.4 cm³/mol. The average Bonchev–Trinajstić information content (AvgIpc) is 2.62. The molecule has 1 rings (SSSR count). The lowest BCUT2D eigenvalue weighted by Gasteiger charge is -2.06. The van der Waals surface area contributed by atoms with Crippen LogP contribution in [-0.2, 0) is 6.54 Å². The lowest BCUT2D eigenvalue weighted by molar-refractivity contribution is 0.471. The minimum Gasteiger partial charge on any atom is -0.310 e. The minimum atomic E-state index is 0.447. The van der Waals surface area contributed by atoms with Gasteiger partial charge in [-0.15, -0.1) is 0 Å². The fourth-order valence-corrected chi connectivity index (χ4v) is 1.03. The van der Waals surface area contributed by atoms with E-state index in [0.29, 0.717) is 6.04 Å². The van der Waals surface area contributed by atoms with E-state index in [1.807, 2.05) is 4.68 Å². The molecule has 0 aromatic carbocycles. The summed E-state index contributed by atoms with van der Waals surface area (Å²) in [5, 5.41) is 7.56. The van der Waals surface area contributed by atoms with Crippen molar-refractivity contribution in [3.63, 3.8) is 0 Å². The Kier molecular flexibility index (Phi) is 3.89. The van der Waals surface area contributed by atoms with Crippen LogP contribution in [0.5, 0.6) is 0 Å². The average molecular weight is 182 g/mol. The first-order valence-corrected chi connectivity index (χ1v) is 4.88. The Morgan fingerprint density at radius 3 is 2.92 bits per heavy atom. The molecule has 0 saturated carbocycles. The van der Waals surface area contributed by atoms with Gasteiger partial charge in [0.15, 0.2) is 5.82 Å². The zero-order chi connectivity index (χ0) is 9.68. The maximum absolute atomic E-state index is 4.36. The van der Waals surface area contributed by atoms with Crippen LogP contribution in [-0.4, -0.2) is 21.3 Å². The molecule has 0 saturated heterocycles. The first kappa shape index (κ1) is 10.2. The van der Waals surface area contributed by atoms with E-state index in [4.69, 9.17) is 0 Å². The molecular formula is C9H18N4. The largest absolute Gasteiger partial charge is 0.310 e.